The Morgan fingerprint density at radius 3 is 2.23 bits per heavy atom. The van der Waals surface area contributed by atoms with Crippen molar-refractivity contribution in [2.75, 3.05) is 0 Å². The van der Waals surface area contributed by atoms with Crippen molar-refractivity contribution in [1.82, 2.24) is 0 Å². The summed E-state index contributed by atoms with van der Waals surface area (Å²) >= 11 is 3.54. The first kappa shape index (κ1) is 16.6. The zero-order valence-corrected chi connectivity index (χ0v) is 15.4. The first-order valence-electron chi connectivity index (χ1n) is 8.27. The summed E-state index contributed by atoms with van der Waals surface area (Å²) < 4.78 is 6.29. The Morgan fingerprint density at radius 2 is 1.42 bits per heavy atom. The van der Waals surface area contributed by atoms with E-state index in [4.69, 9.17) is 4.74 Å². The van der Waals surface area contributed by atoms with Gasteiger partial charge in [-0.2, -0.15) is 0 Å². The maximum atomic E-state index is 12.3. The highest BCUT2D eigenvalue weighted by Gasteiger charge is 2.09. The van der Waals surface area contributed by atoms with Crippen molar-refractivity contribution < 1.29 is 9.53 Å². The number of benzene rings is 4. The maximum Gasteiger partial charge on any atom is 0.336 e. The van der Waals surface area contributed by atoms with E-state index in [1.54, 1.807) is 12.1 Å². The molecule has 0 aromatic heterocycles. The van der Waals surface area contributed by atoms with Gasteiger partial charge in [0.05, 0.1) is 4.47 Å². The molecule has 4 aromatic rings. The fourth-order valence-corrected chi connectivity index (χ4v) is 3.56. The molecule has 0 bridgehead atoms. The molecule has 3 heteroatoms. The van der Waals surface area contributed by atoms with Crippen LogP contribution in [0.15, 0.2) is 89.4 Å². The minimum absolute atomic E-state index is 0.408. The molecule has 0 aliphatic heterocycles. The minimum Gasteiger partial charge on any atom is -0.422 e. The van der Waals surface area contributed by atoms with Crippen LogP contribution in [0, 0.1) is 0 Å². The Balaban J connectivity index is 1.59. The van der Waals surface area contributed by atoms with Gasteiger partial charge in [0.15, 0.2) is 0 Å². The van der Waals surface area contributed by atoms with Crippen molar-refractivity contribution in [3.63, 3.8) is 0 Å². The van der Waals surface area contributed by atoms with Crippen LogP contribution < -0.4 is 4.74 Å². The maximum absolute atomic E-state index is 12.3. The Labute approximate surface area is 159 Å². The quantitative estimate of drug-likeness (QED) is 0.226. The number of hydrogen-bond acceptors (Lipinski definition) is 2. The molecule has 0 amide bonds. The molecule has 0 unspecified atom stereocenters. The molecule has 4 rings (SSSR count). The van der Waals surface area contributed by atoms with Gasteiger partial charge >= 0.3 is 5.97 Å². The summed E-state index contributed by atoms with van der Waals surface area (Å²) in [6.45, 7) is 0. The second-order valence-corrected chi connectivity index (χ2v) is 6.71. The van der Waals surface area contributed by atoms with Gasteiger partial charge in [0.25, 0.3) is 0 Å². The molecule has 26 heavy (non-hydrogen) atoms. The number of halogens is 1. The number of carbonyl (C=O) groups excluding carboxylic acids is 1. The SMILES string of the molecule is O=C(C=Cc1cccc2ccccc12)Oc1ccc2ccccc2c1Br. The van der Waals surface area contributed by atoms with Crippen LogP contribution in [0.1, 0.15) is 5.56 Å². The number of ether oxygens (including phenoxy) is 1. The van der Waals surface area contributed by atoms with Crippen molar-refractivity contribution in [2.45, 2.75) is 0 Å². The number of fused-ring (bicyclic) bond motifs is 2. The highest BCUT2D eigenvalue weighted by atomic mass is 79.9. The first-order chi connectivity index (χ1) is 12.7. The summed E-state index contributed by atoms with van der Waals surface area (Å²) in [7, 11) is 0. The molecule has 0 heterocycles. The number of rotatable bonds is 3. The van der Waals surface area contributed by atoms with E-state index in [2.05, 4.69) is 28.1 Å². The second kappa shape index (κ2) is 7.14. The van der Waals surface area contributed by atoms with Gasteiger partial charge in [-0.3, -0.25) is 0 Å². The van der Waals surface area contributed by atoms with Crippen LogP contribution in [0.5, 0.6) is 5.75 Å². The zero-order chi connectivity index (χ0) is 17.9. The Hall–Kier alpha value is -2.91. The lowest BCUT2D eigenvalue weighted by atomic mass is 10.0. The average Bonchev–Trinajstić information content (AvgIpc) is 2.69. The molecular formula is C23H15BrO2. The molecule has 0 aliphatic rings. The lowest BCUT2D eigenvalue weighted by Crippen LogP contribution is -2.04. The van der Waals surface area contributed by atoms with Crippen LogP contribution >= 0.6 is 15.9 Å². The Morgan fingerprint density at radius 1 is 0.769 bits per heavy atom. The van der Waals surface area contributed by atoms with Gasteiger partial charge in [-0.1, -0.05) is 72.8 Å². The van der Waals surface area contributed by atoms with Crippen molar-refractivity contribution in [2.24, 2.45) is 0 Å². The second-order valence-electron chi connectivity index (χ2n) is 5.92. The summed E-state index contributed by atoms with van der Waals surface area (Å²) in [5.41, 5.74) is 0.984. The van der Waals surface area contributed by atoms with Crippen molar-refractivity contribution in [3.8, 4) is 5.75 Å². The Kier molecular flexibility index (Phi) is 4.55. The third-order valence-electron chi connectivity index (χ3n) is 4.26. The monoisotopic (exact) mass is 402 g/mol. The lowest BCUT2D eigenvalue weighted by Gasteiger charge is -2.07. The standard InChI is InChI=1S/C23H15BrO2/c24-23-20-11-4-2-7-18(20)12-14-21(23)26-22(25)15-13-17-9-5-8-16-6-1-3-10-19(16)17/h1-15H. The van der Waals surface area contributed by atoms with E-state index in [1.807, 2.05) is 60.7 Å². The normalized spacial score (nSPS) is 11.3. The minimum atomic E-state index is -0.408. The van der Waals surface area contributed by atoms with E-state index in [0.29, 0.717) is 5.75 Å². The van der Waals surface area contributed by atoms with Crippen molar-refractivity contribution >= 4 is 49.5 Å². The third kappa shape index (κ3) is 3.26. The van der Waals surface area contributed by atoms with Crippen molar-refractivity contribution in [3.05, 3.63) is 95.0 Å². The van der Waals surface area contributed by atoms with Crippen LogP contribution in [-0.4, -0.2) is 5.97 Å². The van der Waals surface area contributed by atoms with Crippen LogP contribution in [0.4, 0.5) is 0 Å². The van der Waals surface area contributed by atoms with Crippen LogP contribution in [0.2, 0.25) is 0 Å². The van der Waals surface area contributed by atoms with E-state index < -0.39 is 5.97 Å². The molecule has 0 fully saturated rings. The smallest absolute Gasteiger partial charge is 0.336 e. The van der Waals surface area contributed by atoms with Gasteiger partial charge in [-0.15, -0.1) is 0 Å². The Bertz CT molecular complexity index is 1140. The summed E-state index contributed by atoms with van der Waals surface area (Å²) in [6, 6.07) is 25.8. The molecule has 0 saturated carbocycles. The molecule has 0 saturated heterocycles. The van der Waals surface area contributed by atoms with E-state index in [-0.39, 0.29) is 0 Å². The van der Waals surface area contributed by atoms with Gasteiger partial charge in [0.2, 0.25) is 0 Å². The average molecular weight is 403 g/mol. The summed E-state index contributed by atoms with van der Waals surface area (Å²) in [4.78, 5) is 12.3. The van der Waals surface area contributed by atoms with Crippen LogP contribution in [-0.2, 0) is 4.79 Å². The molecule has 0 radical (unpaired) electrons. The van der Waals surface area contributed by atoms with E-state index in [0.717, 1.165) is 31.6 Å². The molecule has 0 spiro atoms. The predicted molar refractivity (Wildman–Crippen MR) is 110 cm³/mol. The van der Waals surface area contributed by atoms with Gasteiger partial charge < -0.3 is 4.74 Å². The van der Waals surface area contributed by atoms with Gasteiger partial charge in [-0.25, -0.2) is 4.79 Å². The topological polar surface area (TPSA) is 26.3 Å². The fourth-order valence-electron chi connectivity index (χ4n) is 2.99. The third-order valence-corrected chi connectivity index (χ3v) is 5.08. The molecule has 0 aliphatic carbocycles. The van der Waals surface area contributed by atoms with E-state index in [1.165, 1.54) is 6.08 Å². The van der Waals surface area contributed by atoms with Crippen LogP contribution in [0.25, 0.3) is 27.6 Å². The fraction of sp³-hybridized carbons (Fsp3) is 0. The number of esters is 1. The van der Waals surface area contributed by atoms with Gasteiger partial charge in [0, 0.05) is 6.08 Å². The molecule has 126 valence electrons. The zero-order valence-electron chi connectivity index (χ0n) is 13.9. The number of carbonyl (C=O) groups is 1. The highest BCUT2D eigenvalue weighted by Crippen LogP contribution is 2.33. The molecular weight excluding hydrogens is 388 g/mol. The lowest BCUT2D eigenvalue weighted by molar-refractivity contribution is -0.128. The summed E-state index contributed by atoms with van der Waals surface area (Å²) in [5.74, 6) is 0.102. The van der Waals surface area contributed by atoms with Gasteiger partial charge in [0.1, 0.15) is 5.75 Å². The first-order valence-corrected chi connectivity index (χ1v) is 9.06. The number of hydrogen-bond donors (Lipinski definition) is 0. The highest BCUT2D eigenvalue weighted by molar-refractivity contribution is 9.10. The molecule has 4 aromatic carbocycles. The van der Waals surface area contributed by atoms with E-state index in [9.17, 15) is 4.79 Å². The van der Waals surface area contributed by atoms with Crippen LogP contribution in [0.3, 0.4) is 0 Å². The predicted octanol–water partition coefficient (Wildman–Crippen LogP) is 6.37. The van der Waals surface area contributed by atoms with Crippen molar-refractivity contribution in [1.29, 1.82) is 0 Å². The summed E-state index contributed by atoms with van der Waals surface area (Å²) in [5, 5.41) is 4.34. The largest absolute Gasteiger partial charge is 0.422 e. The molecule has 2 nitrogen and oxygen atoms in total. The van der Waals surface area contributed by atoms with Gasteiger partial charge in [-0.05, 0) is 55.2 Å². The molecule has 0 N–H and O–H groups in total. The molecule has 0 atom stereocenters. The summed E-state index contributed by atoms with van der Waals surface area (Å²) in [6.07, 6.45) is 3.25. The van der Waals surface area contributed by atoms with E-state index >= 15 is 0 Å².